The lowest BCUT2D eigenvalue weighted by molar-refractivity contribution is 0.0632. The predicted molar refractivity (Wildman–Crippen MR) is 99.9 cm³/mol. The Kier molecular flexibility index (Phi) is 5.53. The summed E-state index contributed by atoms with van der Waals surface area (Å²) in [6.45, 7) is 1.31. The molecule has 2 heterocycles. The second-order valence-corrected chi connectivity index (χ2v) is 8.16. The van der Waals surface area contributed by atoms with E-state index in [0.717, 1.165) is 35.2 Å². The summed E-state index contributed by atoms with van der Waals surface area (Å²) in [5, 5.41) is 0.793. The Morgan fingerprint density at radius 2 is 2.21 bits per heavy atom. The number of fused-ring (bicyclic) bond motifs is 1. The van der Waals surface area contributed by atoms with Crippen LogP contribution >= 0.6 is 21.6 Å². The number of carbonyl (C=O) groups is 1. The smallest absolute Gasteiger partial charge is 0.254 e. The van der Waals surface area contributed by atoms with E-state index in [1.807, 2.05) is 23.3 Å². The van der Waals surface area contributed by atoms with Crippen molar-refractivity contribution >= 4 is 38.4 Å². The molecule has 0 radical (unpaired) electrons. The van der Waals surface area contributed by atoms with Gasteiger partial charge in [0.15, 0.2) is 0 Å². The van der Waals surface area contributed by atoms with Gasteiger partial charge in [0.1, 0.15) is 0 Å². The van der Waals surface area contributed by atoms with Crippen molar-refractivity contribution in [3.63, 3.8) is 0 Å². The van der Waals surface area contributed by atoms with Gasteiger partial charge >= 0.3 is 0 Å². The lowest BCUT2D eigenvalue weighted by Crippen LogP contribution is -2.38. The number of amides is 1. The maximum absolute atomic E-state index is 13.1. The summed E-state index contributed by atoms with van der Waals surface area (Å²) >= 11 is 0. The molecule has 1 fully saturated rings. The molecule has 0 spiro atoms. The number of ether oxygens (including phenoxy) is 1. The van der Waals surface area contributed by atoms with E-state index < -0.39 is 0 Å². The zero-order valence-electron chi connectivity index (χ0n) is 13.7. The number of rotatable bonds is 5. The van der Waals surface area contributed by atoms with Crippen molar-refractivity contribution in [1.29, 1.82) is 0 Å². The molecule has 0 saturated carbocycles. The number of H-pyrrole nitrogens is 1. The van der Waals surface area contributed by atoms with Crippen LogP contribution in [0.3, 0.4) is 0 Å². The number of hydrogen-bond donors (Lipinski definition) is 1. The molecule has 24 heavy (non-hydrogen) atoms. The van der Waals surface area contributed by atoms with Crippen molar-refractivity contribution in [1.82, 2.24) is 9.88 Å². The van der Waals surface area contributed by atoms with E-state index >= 15 is 0 Å². The largest absolute Gasteiger partial charge is 0.383 e. The molecule has 128 valence electrons. The number of carbonyl (C=O) groups excluding carboxylic acids is 1. The zero-order chi connectivity index (χ0) is 17.1. The summed E-state index contributed by atoms with van der Waals surface area (Å²) in [4.78, 5) is 30.5. The first kappa shape index (κ1) is 17.4. The van der Waals surface area contributed by atoms with Crippen LogP contribution in [0.25, 0.3) is 10.9 Å². The van der Waals surface area contributed by atoms with Crippen LogP contribution in [0.15, 0.2) is 34.0 Å². The van der Waals surface area contributed by atoms with E-state index in [4.69, 9.17) is 4.74 Å². The third kappa shape index (κ3) is 3.34. The first-order valence-electron chi connectivity index (χ1n) is 7.82. The molecule has 1 aliphatic rings. The third-order valence-corrected chi connectivity index (χ3v) is 5.98. The average molecular weight is 364 g/mol. The highest BCUT2D eigenvalue weighted by atomic mass is 33.1. The molecule has 1 unspecified atom stereocenters. The van der Waals surface area contributed by atoms with Crippen molar-refractivity contribution in [3.8, 4) is 0 Å². The molecule has 7 heteroatoms. The number of aromatic nitrogens is 1. The number of hydrogen-bond acceptors (Lipinski definition) is 5. The molecule has 5 nitrogen and oxygen atoms in total. The number of likely N-dealkylation sites (tertiary alicyclic amines) is 1. The molecule has 2 aromatic rings. The zero-order valence-corrected chi connectivity index (χ0v) is 15.3. The highest BCUT2D eigenvalue weighted by Gasteiger charge is 2.30. The lowest BCUT2D eigenvalue weighted by Gasteiger charge is -2.25. The quantitative estimate of drug-likeness (QED) is 0.826. The summed E-state index contributed by atoms with van der Waals surface area (Å²) in [7, 11) is 4.84. The van der Waals surface area contributed by atoms with Gasteiger partial charge < -0.3 is 14.6 Å². The van der Waals surface area contributed by atoms with Gasteiger partial charge in [-0.05, 0) is 37.3 Å². The second kappa shape index (κ2) is 7.63. The highest BCUT2D eigenvalue weighted by Crippen LogP contribution is 2.35. The Bertz CT molecular complexity index is 806. The molecular weight excluding hydrogens is 344 g/mol. The van der Waals surface area contributed by atoms with E-state index in [0.29, 0.717) is 12.2 Å². The first-order valence-corrected chi connectivity index (χ1v) is 10.4. The van der Waals surface area contributed by atoms with Crippen molar-refractivity contribution in [3.05, 3.63) is 40.2 Å². The van der Waals surface area contributed by atoms with Gasteiger partial charge in [0.2, 0.25) is 5.56 Å². The van der Waals surface area contributed by atoms with Crippen LogP contribution in [0.4, 0.5) is 0 Å². The molecular formula is C17H20N2O3S2. The van der Waals surface area contributed by atoms with Crippen molar-refractivity contribution < 1.29 is 9.53 Å². The Morgan fingerprint density at radius 1 is 1.38 bits per heavy atom. The molecule has 3 rings (SSSR count). The predicted octanol–water partition coefficient (Wildman–Crippen LogP) is 3.15. The second-order valence-electron chi connectivity index (χ2n) is 5.72. The Labute approximate surface area is 148 Å². The minimum atomic E-state index is -0.159. The topological polar surface area (TPSA) is 62.4 Å². The molecule has 1 aromatic carbocycles. The fraction of sp³-hybridized carbons (Fsp3) is 0.412. The third-order valence-electron chi connectivity index (χ3n) is 4.26. The van der Waals surface area contributed by atoms with Crippen LogP contribution in [0, 0.1) is 0 Å². The van der Waals surface area contributed by atoms with Crippen LogP contribution < -0.4 is 5.56 Å². The van der Waals surface area contributed by atoms with Crippen molar-refractivity contribution in [2.24, 2.45) is 0 Å². The molecule has 1 atom stereocenters. The molecule has 0 bridgehead atoms. The summed E-state index contributed by atoms with van der Waals surface area (Å²) in [6, 6.07) is 7.12. The van der Waals surface area contributed by atoms with Crippen molar-refractivity contribution in [2.75, 3.05) is 26.5 Å². The van der Waals surface area contributed by atoms with E-state index in [9.17, 15) is 9.59 Å². The number of methoxy groups -OCH3 is 1. The summed E-state index contributed by atoms with van der Waals surface area (Å²) < 4.78 is 5.25. The van der Waals surface area contributed by atoms with Gasteiger partial charge in [-0.3, -0.25) is 9.59 Å². The Balaban J connectivity index is 2.05. The monoisotopic (exact) mass is 364 g/mol. The Morgan fingerprint density at radius 3 is 2.96 bits per heavy atom. The molecule has 1 amide bonds. The van der Waals surface area contributed by atoms with Gasteiger partial charge in [0.25, 0.3) is 5.91 Å². The van der Waals surface area contributed by atoms with Gasteiger partial charge in [-0.25, -0.2) is 0 Å². The van der Waals surface area contributed by atoms with Crippen LogP contribution in [0.5, 0.6) is 0 Å². The van der Waals surface area contributed by atoms with E-state index in [-0.39, 0.29) is 17.5 Å². The minimum absolute atomic E-state index is 0.00676. The maximum atomic E-state index is 13.1. The van der Waals surface area contributed by atoms with Crippen LogP contribution in [-0.4, -0.2) is 48.4 Å². The molecule has 1 saturated heterocycles. The van der Waals surface area contributed by atoms with E-state index in [2.05, 4.69) is 4.98 Å². The molecule has 1 aromatic heterocycles. The average Bonchev–Trinajstić information content (AvgIpc) is 3.03. The molecule has 1 aliphatic heterocycles. The van der Waals surface area contributed by atoms with E-state index in [1.165, 1.54) is 6.07 Å². The van der Waals surface area contributed by atoms with Gasteiger partial charge in [-0.2, -0.15) is 0 Å². The maximum Gasteiger partial charge on any atom is 0.254 e. The molecule has 0 aliphatic carbocycles. The fourth-order valence-electron chi connectivity index (χ4n) is 3.19. The summed E-state index contributed by atoms with van der Waals surface area (Å²) in [5.74, 6) is 0.00676. The van der Waals surface area contributed by atoms with Crippen LogP contribution in [0.2, 0.25) is 0 Å². The molecule has 1 N–H and O–H groups in total. The SMILES string of the molecule is COCC1CCCN1C(=O)c1ccc(SSC)c2[nH]c(=O)ccc12. The van der Waals surface area contributed by atoms with Gasteiger partial charge in [-0.1, -0.05) is 21.6 Å². The van der Waals surface area contributed by atoms with Gasteiger partial charge in [0, 0.05) is 35.6 Å². The number of nitrogens with zero attached hydrogens (tertiary/aromatic N) is 1. The first-order chi connectivity index (χ1) is 11.7. The minimum Gasteiger partial charge on any atom is -0.383 e. The standard InChI is InChI=1S/C17H20N2O3S2/c1-22-10-11-4-3-9-19(11)17(21)13-5-7-14(24-23-2)16-12(13)6-8-15(20)18-16/h5-8,11H,3-4,9-10H2,1-2H3,(H,18,20). The lowest BCUT2D eigenvalue weighted by atomic mass is 10.1. The van der Waals surface area contributed by atoms with Crippen LogP contribution in [-0.2, 0) is 4.74 Å². The number of nitrogens with one attached hydrogen (secondary N) is 1. The van der Waals surface area contributed by atoms with Gasteiger partial charge in [-0.15, -0.1) is 0 Å². The summed E-state index contributed by atoms with van der Waals surface area (Å²) in [5.41, 5.74) is 1.21. The number of benzene rings is 1. The normalized spacial score (nSPS) is 17.6. The fourth-order valence-corrected chi connectivity index (χ4v) is 4.70. The summed E-state index contributed by atoms with van der Waals surface area (Å²) in [6.07, 6.45) is 3.94. The number of aromatic amines is 1. The van der Waals surface area contributed by atoms with Crippen LogP contribution in [0.1, 0.15) is 23.2 Å². The van der Waals surface area contributed by atoms with Crippen molar-refractivity contribution in [2.45, 2.75) is 23.8 Å². The van der Waals surface area contributed by atoms with Gasteiger partial charge in [0.05, 0.1) is 18.2 Å². The van der Waals surface area contributed by atoms with E-state index in [1.54, 1.807) is 34.8 Å². The number of pyridine rings is 1. The highest BCUT2D eigenvalue weighted by molar-refractivity contribution is 8.76. The Hall–Kier alpha value is -1.44.